The second-order valence-corrected chi connectivity index (χ2v) is 22.5. The molecule has 0 saturated heterocycles. The zero-order valence-electron chi connectivity index (χ0n) is 42.8. The number of thiophene rings is 1. The molecule has 11 rings (SSSR count). The van der Waals surface area contributed by atoms with E-state index in [0.29, 0.717) is 133 Å². The number of aryl methyl sites for hydroxylation is 1. The predicted molar refractivity (Wildman–Crippen MR) is 292 cm³/mol. The third-order valence-electron chi connectivity index (χ3n) is 13.6. The first-order valence-electron chi connectivity index (χ1n) is 26.0. The van der Waals surface area contributed by atoms with E-state index >= 15 is 0 Å². The molecule has 16 bridgehead atoms. The molecule has 7 aromatic heterocycles. The molecule has 20 nitrogen and oxygen atoms in total. The van der Waals surface area contributed by atoms with Crippen LogP contribution in [0.4, 0.5) is 0 Å². The zero-order valence-corrected chi connectivity index (χ0v) is 44.4. The van der Waals surface area contributed by atoms with Gasteiger partial charge in [-0.3, -0.25) is 39.0 Å². The minimum atomic E-state index is -4.37. The first kappa shape index (κ1) is 53.7. The van der Waals surface area contributed by atoms with Gasteiger partial charge in [-0.25, -0.2) is 35.7 Å². The number of unbranched alkanes of at least 4 members (excludes halogenated alkanes) is 2. The topological polar surface area (TPSA) is 281 Å². The standard InChI is InChI=1S/C56H59N13O7S2/c57-67-53(70)20-3-1-2-19-52-37(34-78(74,75)76)24-44(77-52)27-59-56(73)49-14-4-5-21-58-54(71)35-22-42-32-68-28-38-10-6-15-45(60-38)47-17-8-12-40(62-47)30-69(31-41-13-9-18-48(63-41)46-16-7-11-39(29-68)61-46)33-43-23-36(55(72)66-49)26-51(65-43)50(25-35)64-42/h6-13,15-18,22-26,49H,1-5,14,19-21,27-34,57H2,(H,58,71)(H,59,73)(H,66,72)(H,67,70)(H,74,75,76). The summed E-state index contributed by atoms with van der Waals surface area (Å²) in [6, 6.07) is 31.1. The number of nitrogens with one attached hydrogen (secondary N) is 4. The minimum Gasteiger partial charge on any atom is -0.352 e. The van der Waals surface area contributed by atoms with Crippen molar-refractivity contribution in [2.45, 2.75) is 109 Å². The molecular formula is C56H59N13O7S2. The Morgan fingerprint density at radius 2 is 1.14 bits per heavy atom. The summed E-state index contributed by atoms with van der Waals surface area (Å²) in [6.45, 7) is 2.30. The van der Waals surface area contributed by atoms with Gasteiger partial charge in [0.2, 0.25) is 11.8 Å². The van der Waals surface area contributed by atoms with E-state index < -0.39 is 33.7 Å². The number of carbonyl (C=O) groups is 4. The van der Waals surface area contributed by atoms with Gasteiger partial charge in [0.05, 0.1) is 74.9 Å². The number of carbonyl (C=O) groups excluding carboxylic acids is 4. The van der Waals surface area contributed by atoms with Gasteiger partial charge in [-0.05, 0) is 123 Å². The molecule has 4 aliphatic rings. The van der Waals surface area contributed by atoms with Gasteiger partial charge in [0, 0.05) is 73.1 Å². The Kier molecular flexibility index (Phi) is 16.7. The number of fused-ring (bicyclic) bond motifs is 2. The molecule has 0 aromatic carbocycles. The summed E-state index contributed by atoms with van der Waals surface area (Å²) >= 11 is 1.33. The van der Waals surface area contributed by atoms with Crippen LogP contribution in [0.1, 0.15) is 115 Å². The Morgan fingerprint density at radius 3 is 1.65 bits per heavy atom. The van der Waals surface area contributed by atoms with E-state index in [1.54, 1.807) is 30.3 Å². The van der Waals surface area contributed by atoms with Crippen molar-refractivity contribution in [2.75, 3.05) is 6.54 Å². The molecule has 7 aromatic rings. The molecule has 78 heavy (non-hydrogen) atoms. The molecule has 1 atom stereocenters. The minimum absolute atomic E-state index is 0.0296. The highest BCUT2D eigenvalue weighted by atomic mass is 32.2. The third-order valence-corrected chi connectivity index (χ3v) is 15.5. The number of nitrogens with zero attached hydrogens (tertiary/aromatic N) is 8. The van der Waals surface area contributed by atoms with E-state index in [1.165, 1.54) is 11.3 Å². The van der Waals surface area contributed by atoms with Crippen LogP contribution in [-0.4, -0.2) is 88.9 Å². The molecule has 0 aliphatic carbocycles. The maximum atomic E-state index is 14.8. The first-order chi connectivity index (χ1) is 37.7. The first-order valence-corrected chi connectivity index (χ1v) is 28.4. The molecule has 0 saturated carbocycles. The van der Waals surface area contributed by atoms with Crippen LogP contribution in [0.3, 0.4) is 0 Å². The molecule has 402 valence electrons. The lowest BCUT2D eigenvalue weighted by molar-refractivity contribution is -0.123. The molecule has 11 heterocycles. The van der Waals surface area contributed by atoms with Crippen LogP contribution in [0, 0.1) is 0 Å². The van der Waals surface area contributed by atoms with Gasteiger partial charge in [0.25, 0.3) is 21.9 Å². The molecule has 0 spiro atoms. The fourth-order valence-corrected chi connectivity index (χ4v) is 11.9. The fraction of sp³-hybridized carbons (Fsp3) is 0.321. The highest BCUT2D eigenvalue weighted by molar-refractivity contribution is 7.85. The van der Waals surface area contributed by atoms with Crippen molar-refractivity contribution in [1.82, 2.24) is 61.1 Å². The Balaban J connectivity index is 1.01. The maximum Gasteiger partial charge on any atom is 0.269 e. The fourth-order valence-electron chi connectivity index (χ4n) is 9.96. The Bertz CT molecular complexity index is 3410. The lowest BCUT2D eigenvalue weighted by atomic mass is 10.1. The van der Waals surface area contributed by atoms with E-state index in [-0.39, 0.29) is 49.9 Å². The molecule has 4 amide bonds. The number of aromatic nitrogens is 6. The van der Waals surface area contributed by atoms with Gasteiger partial charge in [0.15, 0.2) is 0 Å². The van der Waals surface area contributed by atoms with Crippen molar-refractivity contribution in [1.29, 1.82) is 0 Å². The SMILES string of the molecule is NNC(=O)CCCCCc1sc(CNC(=O)C2CCCCNC(=O)c3cc4nc(c3)-c3cc(cc(n3)CN3Cc5cccc(n5)-c5cccc(n5)CN(Cc5cccc(n5)-c5cccc(n5)C3)C4)C(=O)N2)cc1CS(=O)(=O)O. The number of hydrazine groups is 1. The Labute approximate surface area is 455 Å². The second-order valence-electron chi connectivity index (χ2n) is 19.8. The van der Waals surface area contributed by atoms with E-state index in [9.17, 15) is 32.1 Å². The van der Waals surface area contributed by atoms with Crippen LogP contribution in [0.25, 0.3) is 34.2 Å². The molecule has 7 N–H and O–H groups in total. The molecule has 22 heteroatoms. The summed E-state index contributed by atoms with van der Waals surface area (Å²) in [5, 5.41) is 9.05. The van der Waals surface area contributed by atoms with Crippen molar-refractivity contribution < 1.29 is 32.1 Å². The Hall–Kier alpha value is -7.73. The van der Waals surface area contributed by atoms with Crippen molar-refractivity contribution >= 4 is 45.1 Å². The normalized spacial score (nSPS) is 17.5. The van der Waals surface area contributed by atoms with Crippen LogP contribution >= 0.6 is 11.3 Å². The summed E-state index contributed by atoms with van der Waals surface area (Å²) in [4.78, 5) is 91.5. The van der Waals surface area contributed by atoms with Crippen LogP contribution < -0.4 is 27.2 Å². The summed E-state index contributed by atoms with van der Waals surface area (Å²) in [5.74, 6) is 3.05. The summed E-state index contributed by atoms with van der Waals surface area (Å²) in [7, 11) is -4.37. The van der Waals surface area contributed by atoms with E-state index in [0.717, 1.165) is 27.7 Å². The van der Waals surface area contributed by atoms with Gasteiger partial charge in [-0.15, -0.1) is 11.3 Å². The average molecular weight is 1090 g/mol. The van der Waals surface area contributed by atoms with Crippen LogP contribution in [0.5, 0.6) is 0 Å². The number of pyridine rings is 6. The number of hydrogen-bond donors (Lipinski definition) is 6. The summed E-state index contributed by atoms with van der Waals surface area (Å²) < 4.78 is 33.9. The Morgan fingerprint density at radius 1 is 0.641 bits per heavy atom. The predicted octanol–water partition coefficient (Wildman–Crippen LogP) is 5.96. The zero-order chi connectivity index (χ0) is 54.2. The van der Waals surface area contributed by atoms with Gasteiger partial charge < -0.3 is 16.0 Å². The van der Waals surface area contributed by atoms with Crippen LogP contribution in [-0.2, 0) is 77.7 Å². The number of nitrogens with two attached hydrogens (primary N) is 1. The average Bonchev–Trinajstić information content (AvgIpc) is 3.87. The van der Waals surface area contributed by atoms with Gasteiger partial charge in [-0.1, -0.05) is 30.7 Å². The lowest BCUT2D eigenvalue weighted by Gasteiger charge is -2.24. The highest BCUT2D eigenvalue weighted by Gasteiger charge is 2.26. The maximum absolute atomic E-state index is 14.8. The summed E-state index contributed by atoms with van der Waals surface area (Å²) in [6.07, 6.45) is 3.90. The van der Waals surface area contributed by atoms with Crippen molar-refractivity contribution in [2.24, 2.45) is 5.84 Å². The number of amides is 4. The van der Waals surface area contributed by atoms with Crippen molar-refractivity contribution in [3.05, 3.63) is 164 Å². The largest absolute Gasteiger partial charge is 0.352 e. The monoisotopic (exact) mass is 1090 g/mol. The van der Waals surface area contributed by atoms with Crippen molar-refractivity contribution in [3.8, 4) is 34.2 Å². The summed E-state index contributed by atoms with van der Waals surface area (Å²) in [5.41, 5.74) is 10.9. The van der Waals surface area contributed by atoms with E-state index in [4.69, 9.17) is 35.7 Å². The van der Waals surface area contributed by atoms with Crippen molar-refractivity contribution in [3.63, 3.8) is 0 Å². The van der Waals surface area contributed by atoms with E-state index in [1.807, 2.05) is 72.8 Å². The van der Waals surface area contributed by atoms with Crippen LogP contribution in [0.15, 0.2) is 103 Å². The number of hydrogen-bond acceptors (Lipinski definition) is 16. The smallest absolute Gasteiger partial charge is 0.269 e. The van der Waals surface area contributed by atoms with Gasteiger partial charge in [-0.2, -0.15) is 8.42 Å². The van der Waals surface area contributed by atoms with Gasteiger partial charge >= 0.3 is 0 Å². The highest BCUT2D eigenvalue weighted by Crippen LogP contribution is 2.29. The quantitative estimate of drug-likeness (QED) is 0.0287. The molecule has 0 radical (unpaired) electrons. The molecular weight excluding hydrogens is 1030 g/mol. The lowest BCUT2D eigenvalue weighted by Crippen LogP contribution is -2.46. The number of rotatable bonds is 11. The second kappa shape index (κ2) is 24.3. The van der Waals surface area contributed by atoms with Crippen LogP contribution in [0.2, 0.25) is 0 Å². The third kappa shape index (κ3) is 14.1. The molecule has 4 aliphatic heterocycles. The van der Waals surface area contributed by atoms with Gasteiger partial charge in [0.1, 0.15) is 11.8 Å². The molecule has 0 fully saturated rings. The van der Waals surface area contributed by atoms with E-state index in [2.05, 4.69) is 31.2 Å². The molecule has 1 unspecified atom stereocenters.